The summed E-state index contributed by atoms with van der Waals surface area (Å²) in [4.78, 5) is 4.91. The van der Waals surface area contributed by atoms with Crippen LogP contribution in [0.2, 0.25) is 0 Å². The third-order valence-corrected chi connectivity index (χ3v) is 11.3. The lowest BCUT2D eigenvalue weighted by molar-refractivity contribution is 1.13. The van der Waals surface area contributed by atoms with Gasteiger partial charge in [0.2, 0.25) is 0 Å². The first-order valence-corrected chi connectivity index (χ1v) is 19.3. The van der Waals surface area contributed by atoms with Crippen LogP contribution in [0.3, 0.4) is 0 Å². The number of hydrogen-bond donors (Lipinski definition) is 0. The molecule has 0 aliphatic rings. The van der Waals surface area contributed by atoms with E-state index in [9.17, 15) is 0 Å². The van der Waals surface area contributed by atoms with Gasteiger partial charge in [-0.25, -0.2) is 0 Å². The molecule has 0 aliphatic carbocycles. The second-order valence-electron chi connectivity index (χ2n) is 14.2. The molecule has 2 nitrogen and oxygen atoms in total. The van der Waals surface area contributed by atoms with E-state index in [2.05, 4.69) is 218 Å². The number of anilines is 6. The van der Waals surface area contributed by atoms with E-state index < -0.39 is 0 Å². The summed E-state index contributed by atoms with van der Waals surface area (Å²) >= 11 is 0. The Hall–Kier alpha value is -6.90. The van der Waals surface area contributed by atoms with Crippen LogP contribution in [0.15, 0.2) is 188 Å². The van der Waals surface area contributed by atoms with E-state index in [-0.39, 0.29) is 0 Å². The second kappa shape index (κ2) is 13.5. The van der Waals surface area contributed by atoms with Crippen molar-refractivity contribution in [2.45, 2.75) is 20.3 Å². The largest absolute Gasteiger partial charge is 0.310 e. The van der Waals surface area contributed by atoms with Gasteiger partial charge in [0, 0.05) is 33.2 Å². The highest BCUT2D eigenvalue weighted by atomic mass is 15.2. The molecular weight excluding hydrogens is 665 g/mol. The van der Waals surface area contributed by atoms with Crippen LogP contribution in [0.1, 0.15) is 19.4 Å². The molecule has 10 aromatic carbocycles. The lowest BCUT2D eigenvalue weighted by Crippen LogP contribution is -2.16. The molecule has 0 aromatic heterocycles. The van der Waals surface area contributed by atoms with Crippen LogP contribution in [-0.4, -0.2) is 0 Å². The van der Waals surface area contributed by atoms with Crippen molar-refractivity contribution < 1.29 is 0 Å². The summed E-state index contributed by atoms with van der Waals surface area (Å²) in [6.07, 6.45) is 3.22. The van der Waals surface area contributed by atoms with Gasteiger partial charge in [-0.2, -0.15) is 0 Å². The molecule has 0 spiro atoms. The zero-order chi connectivity index (χ0) is 36.9. The molecule has 10 rings (SSSR count). The van der Waals surface area contributed by atoms with E-state index >= 15 is 0 Å². The van der Waals surface area contributed by atoms with Gasteiger partial charge in [-0.3, -0.25) is 0 Å². The van der Waals surface area contributed by atoms with Gasteiger partial charge in [0.05, 0.1) is 17.1 Å². The lowest BCUT2D eigenvalue weighted by atomic mass is 9.88. The zero-order valence-electron chi connectivity index (χ0n) is 31.1. The van der Waals surface area contributed by atoms with Gasteiger partial charge in [0.25, 0.3) is 0 Å². The number of rotatable bonds is 7. The molecule has 0 aliphatic heterocycles. The third kappa shape index (κ3) is 5.25. The van der Waals surface area contributed by atoms with Crippen molar-refractivity contribution in [2.75, 3.05) is 9.80 Å². The van der Waals surface area contributed by atoms with Gasteiger partial charge in [-0.15, -0.1) is 0 Å². The molecule has 262 valence electrons. The molecule has 0 saturated carbocycles. The SMILES string of the molecule is C/C=c1/c2cccc3c(N(c4ccccc4)c4cccc5ccccc45)ccc(c4ccc(N(c5ccccc5)c5cccc6ccccc56)c(CC)c14)c32. The van der Waals surface area contributed by atoms with Crippen LogP contribution in [-0.2, 0) is 6.42 Å². The number of aryl methyl sites for hydroxylation is 1. The number of para-hydroxylation sites is 2. The maximum atomic E-state index is 2.47. The Bertz CT molecular complexity index is 3080. The molecule has 2 heteroatoms. The molecule has 0 saturated heterocycles. The quantitative estimate of drug-likeness (QED) is 0.120. The Labute approximate surface area is 321 Å². The first kappa shape index (κ1) is 32.7. The Morgan fingerprint density at radius 2 is 0.800 bits per heavy atom. The summed E-state index contributed by atoms with van der Waals surface area (Å²) in [5.41, 5.74) is 8.35. The van der Waals surface area contributed by atoms with Crippen LogP contribution in [0.5, 0.6) is 0 Å². The summed E-state index contributed by atoms with van der Waals surface area (Å²) in [5, 5.41) is 13.9. The lowest BCUT2D eigenvalue weighted by Gasteiger charge is -2.30. The van der Waals surface area contributed by atoms with E-state index in [1.807, 2.05) is 0 Å². The summed E-state index contributed by atoms with van der Waals surface area (Å²) in [6.45, 7) is 4.50. The van der Waals surface area contributed by atoms with Crippen molar-refractivity contribution >= 4 is 94.1 Å². The Morgan fingerprint density at radius 1 is 0.364 bits per heavy atom. The van der Waals surface area contributed by atoms with Crippen LogP contribution >= 0.6 is 0 Å². The minimum absolute atomic E-state index is 0.885. The van der Waals surface area contributed by atoms with Crippen LogP contribution in [0, 0.1) is 0 Å². The highest BCUT2D eigenvalue weighted by Crippen LogP contribution is 2.47. The van der Waals surface area contributed by atoms with Crippen molar-refractivity contribution in [3.63, 3.8) is 0 Å². The molecule has 0 atom stereocenters. The molecule has 0 bridgehead atoms. The number of benzene rings is 10. The number of fused-ring (bicyclic) bond motifs is 4. The van der Waals surface area contributed by atoms with Gasteiger partial charge >= 0.3 is 0 Å². The molecular formula is C53H40N2. The molecule has 0 amide bonds. The van der Waals surface area contributed by atoms with Crippen molar-refractivity contribution in [3.8, 4) is 0 Å². The van der Waals surface area contributed by atoms with Gasteiger partial charge in [0.15, 0.2) is 0 Å². The fraction of sp³-hybridized carbons (Fsp3) is 0.0566. The Kier molecular flexibility index (Phi) is 8.03. The van der Waals surface area contributed by atoms with Gasteiger partial charge in [-0.1, -0.05) is 153 Å². The average Bonchev–Trinajstić information content (AvgIpc) is 3.25. The first-order chi connectivity index (χ1) is 27.2. The van der Waals surface area contributed by atoms with Gasteiger partial charge in [0.1, 0.15) is 0 Å². The third-order valence-electron chi connectivity index (χ3n) is 11.3. The second-order valence-corrected chi connectivity index (χ2v) is 14.2. The van der Waals surface area contributed by atoms with Gasteiger partial charge < -0.3 is 9.80 Å². The normalized spacial score (nSPS) is 12.0. The Morgan fingerprint density at radius 3 is 1.38 bits per heavy atom. The molecule has 0 radical (unpaired) electrons. The molecule has 0 N–H and O–H groups in total. The highest BCUT2D eigenvalue weighted by Gasteiger charge is 2.24. The molecule has 55 heavy (non-hydrogen) atoms. The maximum Gasteiger partial charge on any atom is 0.0540 e. The number of hydrogen-bond acceptors (Lipinski definition) is 2. The van der Waals surface area contributed by atoms with E-state index in [4.69, 9.17) is 0 Å². The van der Waals surface area contributed by atoms with Crippen molar-refractivity contribution in [1.82, 2.24) is 0 Å². The molecule has 10 aromatic rings. The van der Waals surface area contributed by atoms with Crippen molar-refractivity contribution in [1.29, 1.82) is 0 Å². The summed E-state index contributed by atoms with van der Waals surface area (Å²) in [6, 6.07) is 68.6. The minimum atomic E-state index is 0.885. The van der Waals surface area contributed by atoms with E-state index in [1.165, 1.54) is 87.4 Å². The number of nitrogens with zero attached hydrogens (tertiary/aromatic N) is 2. The standard InChI is InChI=1S/C53H40N2/c1-3-40-44-28-17-29-47-51(55(39-24-9-6-10-25-39)49-31-16-21-37-19-12-14-27-43(37)49)35-33-46(53(44)47)45-32-34-50(41(4-2)52(40)45)54(38-22-7-5-8-23-38)48-30-15-20-36-18-11-13-26-42(36)48/h3,5-35H,4H2,1-2H3/b40-3-. The smallest absolute Gasteiger partial charge is 0.0540 e. The zero-order valence-corrected chi connectivity index (χ0v) is 31.1. The topological polar surface area (TPSA) is 6.48 Å². The minimum Gasteiger partial charge on any atom is -0.310 e. The van der Waals surface area contributed by atoms with Crippen molar-refractivity contribution in [3.05, 3.63) is 199 Å². The fourth-order valence-electron chi connectivity index (χ4n) is 8.98. The monoisotopic (exact) mass is 704 g/mol. The van der Waals surface area contributed by atoms with Crippen LogP contribution in [0.25, 0.3) is 59.9 Å². The highest BCUT2D eigenvalue weighted by molar-refractivity contribution is 6.26. The first-order valence-electron chi connectivity index (χ1n) is 19.3. The van der Waals surface area contributed by atoms with E-state index in [0.29, 0.717) is 0 Å². The Balaban J connectivity index is 1.27. The predicted molar refractivity (Wildman–Crippen MR) is 238 cm³/mol. The molecule has 0 fully saturated rings. The molecule has 0 heterocycles. The summed E-state index contributed by atoms with van der Waals surface area (Å²) < 4.78 is 0. The summed E-state index contributed by atoms with van der Waals surface area (Å²) in [5.74, 6) is 0. The van der Waals surface area contributed by atoms with Crippen molar-refractivity contribution in [2.24, 2.45) is 0 Å². The van der Waals surface area contributed by atoms with Gasteiger partial charge in [-0.05, 0) is 110 Å². The van der Waals surface area contributed by atoms with E-state index in [1.54, 1.807) is 0 Å². The average molecular weight is 705 g/mol. The maximum absolute atomic E-state index is 2.47. The molecule has 0 unspecified atom stereocenters. The summed E-state index contributed by atoms with van der Waals surface area (Å²) in [7, 11) is 0. The van der Waals surface area contributed by atoms with Crippen LogP contribution < -0.4 is 15.0 Å². The van der Waals surface area contributed by atoms with Crippen LogP contribution in [0.4, 0.5) is 34.1 Å². The van der Waals surface area contributed by atoms with E-state index in [0.717, 1.165) is 17.8 Å². The fourth-order valence-corrected chi connectivity index (χ4v) is 8.98. The predicted octanol–water partition coefficient (Wildman–Crippen LogP) is 14.5.